The van der Waals surface area contributed by atoms with Gasteiger partial charge in [0.05, 0.1) is 12.3 Å². The Morgan fingerprint density at radius 2 is 1.69 bits per heavy atom. The van der Waals surface area contributed by atoms with E-state index in [1.165, 1.54) is 6.08 Å². The topological polar surface area (TPSA) is 84.9 Å². The zero-order valence-corrected chi connectivity index (χ0v) is 20.9. The van der Waals surface area contributed by atoms with Crippen molar-refractivity contribution in [3.63, 3.8) is 0 Å². The highest BCUT2D eigenvalue weighted by Crippen LogP contribution is 2.32. The van der Waals surface area contributed by atoms with Crippen molar-refractivity contribution in [2.45, 2.75) is 27.4 Å². The number of benzene rings is 3. The van der Waals surface area contributed by atoms with Crippen LogP contribution < -0.4 is 19.7 Å². The number of hydrogen-bond donors (Lipinski definition) is 1. The fraction of sp³-hybridized carbons (Fsp3) is 0.179. The number of nitrogens with one attached hydrogen (secondary N) is 1. The van der Waals surface area contributed by atoms with Crippen molar-refractivity contribution in [1.82, 2.24) is 5.32 Å². The molecule has 8 heteroatoms. The monoisotopic (exact) mass is 504 g/mol. The maximum Gasteiger partial charge on any atom is 0.335 e. The summed E-state index contributed by atoms with van der Waals surface area (Å²) in [6, 6.07) is 17.0. The Balaban J connectivity index is 1.63. The molecule has 36 heavy (non-hydrogen) atoms. The van der Waals surface area contributed by atoms with Gasteiger partial charge < -0.3 is 9.47 Å². The molecule has 7 nitrogen and oxygen atoms in total. The van der Waals surface area contributed by atoms with Gasteiger partial charge >= 0.3 is 6.03 Å². The lowest BCUT2D eigenvalue weighted by Crippen LogP contribution is -2.54. The molecular formula is C28H25ClN2O5. The van der Waals surface area contributed by atoms with Crippen LogP contribution in [0.2, 0.25) is 5.02 Å². The van der Waals surface area contributed by atoms with E-state index in [1.807, 2.05) is 39.0 Å². The lowest BCUT2D eigenvalue weighted by Gasteiger charge is -2.28. The second-order valence-electron chi connectivity index (χ2n) is 8.23. The average Bonchev–Trinajstić information content (AvgIpc) is 2.85. The summed E-state index contributed by atoms with van der Waals surface area (Å²) >= 11 is 5.94. The molecule has 1 aliphatic rings. The summed E-state index contributed by atoms with van der Waals surface area (Å²) in [5.41, 5.74) is 3.45. The molecule has 4 amide bonds. The first-order valence-corrected chi connectivity index (χ1v) is 11.8. The van der Waals surface area contributed by atoms with Gasteiger partial charge in [-0.1, -0.05) is 41.9 Å². The second-order valence-corrected chi connectivity index (χ2v) is 8.67. The molecule has 1 saturated heterocycles. The standard InChI is InChI=1S/C28H25ClN2O5/c1-4-35-25-15-20(10-13-24(25)36-16-19-8-11-21(29)12-9-19)14-22-26(32)30-28(34)31(27(22)33)23-7-5-6-17(2)18(23)3/h5-15H,4,16H2,1-3H3,(H,30,32,34)/b22-14+. The van der Waals surface area contributed by atoms with Gasteiger partial charge in [-0.05, 0) is 79.4 Å². The second kappa shape index (κ2) is 10.7. The third kappa shape index (κ3) is 5.26. The highest BCUT2D eigenvalue weighted by Gasteiger charge is 2.37. The Morgan fingerprint density at radius 3 is 2.42 bits per heavy atom. The first kappa shape index (κ1) is 25.0. The van der Waals surface area contributed by atoms with Gasteiger partial charge in [0, 0.05) is 5.02 Å². The van der Waals surface area contributed by atoms with E-state index in [0.29, 0.717) is 41.0 Å². The van der Waals surface area contributed by atoms with Crippen LogP contribution in [0.25, 0.3) is 6.08 Å². The molecule has 1 N–H and O–H groups in total. The Morgan fingerprint density at radius 1 is 0.944 bits per heavy atom. The van der Waals surface area contributed by atoms with Crippen LogP contribution in [0.1, 0.15) is 29.2 Å². The molecule has 1 fully saturated rings. The largest absolute Gasteiger partial charge is 0.490 e. The number of ether oxygens (including phenoxy) is 2. The van der Waals surface area contributed by atoms with Gasteiger partial charge in [0.1, 0.15) is 12.2 Å². The molecule has 1 heterocycles. The van der Waals surface area contributed by atoms with Crippen molar-refractivity contribution < 1.29 is 23.9 Å². The maximum absolute atomic E-state index is 13.3. The van der Waals surface area contributed by atoms with Crippen molar-refractivity contribution in [1.29, 1.82) is 0 Å². The lowest BCUT2D eigenvalue weighted by atomic mass is 10.0. The molecule has 3 aromatic carbocycles. The van der Waals surface area contributed by atoms with E-state index in [-0.39, 0.29) is 5.57 Å². The zero-order valence-electron chi connectivity index (χ0n) is 20.1. The molecule has 0 bridgehead atoms. The van der Waals surface area contributed by atoms with Gasteiger partial charge in [0.15, 0.2) is 11.5 Å². The SMILES string of the molecule is CCOc1cc(/C=C2\C(=O)NC(=O)N(c3cccc(C)c3C)C2=O)ccc1OCc1ccc(Cl)cc1. The summed E-state index contributed by atoms with van der Waals surface area (Å²) in [6.45, 7) is 6.26. The van der Waals surface area contributed by atoms with Gasteiger partial charge in [-0.2, -0.15) is 0 Å². The van der Waals surface area contributed by atoms with Crippen molar-refractivity contribution in [2.24, 2.45) is 0 Å². The molecule has 0 spiro atoms. The van der Waals surface area contributed by atoms with E-state index in [1.54, 1.807) is 42.5 Å². The number of halogens is 1. The van der Waals surface area contributed by atoms with Crippen LogP contribution in [0.4, 0.5) is 10.5 Å². The van der Waals surface area contributed by atoms with Gasteiger partial charge in [-0.25, -0.2) is 9.69 Å². The fourth-order valence-electron chi connectivity index (χ4n) is 3.76. The molecule has 0 saturated carbocycles. The molecule has 4 rings (SSSR count). The normalized spacial score (nSPS) is 14.7. The zero-order chi connectivity index (χ0) is 25.8. The number of amides is 4. The van der Waals surface area contributed by atoms with E-state index >= 15 is 0 Å². The summed E-state index contributed by atoms with van der Waals surface area (Å²) in [5, 5.41) is 2.91. The van der Waals surface area contributed by atoms with Crippen LogP contribution >= 0.6 is 11.6 Å². The molecule has 3 aromatic rings. The first-order valence-electron chi connectivity index (χ1n) is 11.4. The van der Waals surface area contributed by atoms with E-state index in [2.05, 4.69) is 5.32 Å². The third-order valence-corrected chi connectivity index (χ3v) is 6.06. The Hall–Kier alpha value is -4.10. The third-order valence-electron chi connectivity index (χ3n) is 5.80. The van der Waals surface area contributed by atoms with Crippen molar-refractivity contribution in [2.75, 3.05) is 11.5 Å². The van der Waals surface area contributed by atoms with E-state index in [0.717, 1.165) is 21.6 Å². The maximum atomic E-state index is 13.3. The van der Waals surface area contributed by atoms with E-state index in [9.17, 15) is 14.4 Å². The summed E-state index contributed by atoms with van der Waals surface area (Å²) < 4.78 is 11.7. The van der Waals surface area contributed by atoms with Gasteiger partial charge in [0.2, 0.25) is 0 Å². The van der Waals surface area contributed by atoms with Crippen LogP contribution in [0.15, 0.2) is 66.2 Å². The summed E-state index contributed by atoms with van der Waals surface area (Å²) in [7, 11) is 0. The summed E-state index contributed by atoms with van der Waals surface area (Å²) in [6.07, 6.45) is 1.44. The number of urea groups is 1. The minimum Gasteiger partial charge on any atom is -0.490 e. The smallest absolute Gasteiger partial charge is 0.335 e. The van der Waals surface area contributed by atoms with E-state index in [4.69, 9.17) is 21.1 Å². The lowest BCUT2D eigenvalue weighted by molar-refractivity contribution is -0.122. The van der Waals surface area contributed by atoms with Crippen molar-refractivity contribution in [3.05, 3.63) is 93.5 Å². The Bertz CT molecular complexity index is 1360. The number of carbonyl (C=O) groups excluding carboxylic acids is 3. The van der Waals surface area contributed by atoms with Crippen LogP contribution in [0.5, 0.6) is 11.5 Å². The number of rotatable bonds is 7. The number of nitrogens with zero attached hydrogens (tertiary/aromatic N) is 1. The molecule has 184 valence electrons. The Labute approximate surface area is 214 Å². The highest BCUT2D eigenvalue weighted by molar-refractivity contribution is 6.39. The highest BCUT2D eigenvalue weighted by atomic mass is 35.5. The molecular weight excluding hydrogens is 480 g/mol. The summed E-state index contributed by atoms with van der Waals surface area (Å²) in [4.78, 5) is 39.4. The number of hydrogen-bond acceptors (Lipinski definition) is 5. The molecule has 0 radical (unpaired) electrons. The van der Waals surface area contributed by atoms with Gasteiger partial charge in [-0.15, -0.1) is 0 Å². The minimum atomic E-state index is -0.781. The number of barbiturate groups is 1. The number of imide groups is 2. The molecule has 0 aromatic heterocycles. The van der Waals surface area contributed by atoms with Gasteiger partial charge in [0.25, 0.3) is 11.8 Å². The number of anilines is 1. The van der Waals surface area contributed by atoms with Crippen LogP contribution in [0, 0.1) is 13.8 Å². The molecule has 0 atom stereocenters. The van der Waals surface area contributed by atoms with E-state index < -0.39 is 17.8 Å². The quantitative estimate of drug-likeness (QED) is 0.334. The van der Waals surface area contributed by atoms with Crippen molar-refractivity contribution in [3.8, 4) is 11.5 Å². The van der Waals surface area contributed by atoms with Gasteiger partial charge in [-0.3, -0.25) is 14.9 Å². The van der Waals surface area contributed by atoms with Crippen LogP contribution in [-0.4, -0.2) is 24.5 Å². The first-order chi connectivity index (χ1) is 17.3. The van der Waals surface area contributed by atoms with Crippen molar-refractivity contribution >= 4 is 41.2 Å². The predicted octanol–water partition coefficient (Wildman–Crippen LogP) is 5.60. The van der Waals surface area contributed by atoms with Crippen LogP contribution in [0.3, 0.4) is 0 Å². The average molecular weight is 505 g/mol. The summed E-state index contributed by atoms with van der Waals surface area (Å²) in [5.74, 6) is -0.474. The number of aryl methyl sites for hydroxylation is 1. The fourth-order valence-corrected chi connectivity index (χ4v) is 3.89. The Kier molecular flexibility index (Phi) is 7.41. The minimum absolute atomic E-state index is 0.159. The van der Waals surface area contributed by atoms with Crippen LogP contribution in [-0.2, 0) is 16.2 Å². The molecule has 1 aliphatic heterocycles. The molecule has 0 unspecified atom stereocenters. The molecule has 0 aliphatic carbocycles. The predicted molar refractivity (Wildman–Crippen MR) is 138 cm³/mol. The number of carbonyl (C=O) groups is 3.